The minimum atomic E-state index is 0.742. The van der Waals surface area contributed by atoms with Gasteiger partial charge in [-0.25, -0.2) is 0 Å². The molecule has 3 heterocycles. The molecule has 0 saturated carbocycles. The number of nitrogens with zero attached hydrogens (tertiary/aromatic N) is 2. The van der Waals surface area contributed by atoms with Gasteiger partial charge in [0.25, 0.3) is 0 Å². The molecule has 3 aliphatic heterocycles. The maximum atomic E-state index is 2.63. The predicted octanol–water partition coefficient (Wildman–Crippen LogP) is 3.64. The molecule has 3 fully saturated rings. The van der Waals surface area contributed by atoms with Crippen molar-refractivity contribution in [2.24, 2.45) is 0 Å². The lowest BCUT2D eigenvalue weighted by Crippen LogP contribution is -2.37. The lowest BCUT2D eigenvalue weighted by molar-refractivity contribution is 0.250. The van der Waals surface area contributed by atoms with Gasteiger partial charge in [-0.2, -0.15) is 0 Å². The van der Waals surface area contributed by atoms with E-state index in [9.17, 15) is 0 Å². The molecule has 2 aromatic carbocycles. The summed E-state index contributed by atoms with van der Waals surface area (Å²) >= 11 is 0. The largest absolute Gasteiger partial charge is 0.367 e. The summed E-state index contributed by atoms with van der Waals surface area (Å²) in [6.45, 7) is 4.96. The molecular weight excluding hydrogens is 256 g/mol. The molecule has 3 saturated heterocycles. The van der Waals surface area contributed by atoms with E-state index in [1.54, 1.807) is 0 Å². The lowest BCUT2D eigenvalue weighted by Gasteiger charge is -2.33. The Morgan fingerprint density at radius 3 is 2.05 bits per heavy atom. The molecule has 0 aromatic heterocycles. The highest BCUT2D eigenvalue weighted by atomic mass is 15.3. The Kier molecular flexibility index (Phi) is 3.40. The fourth-order valence-electron chi connectivity index (χ4n) is 3.70. The molecule has 2 nitrogen and oxygen atoms in total. The number of hydrogen-bond acceptors (Lipinski definition) is 2. The molecule has 0 aliphatic carbocycles. The van der Waals surface area contributed by atoms with E-state index < -0.39 is 0 Å². The van der Waals surface area contributed by atoms with E-state index in [-0.39, 0.29) is 0 Å². The first kappa shape index (κ1) is 12.9. The second kappa shape index (κ2) is 5.53. The van der Waals surface area contributed by atoms with Crippen molar-refractivity contribution in [3.63, 3.8) is 0 Å². The first-order valence-electron chi connectivity index (χ1n) is 8.05. The Labute approximate surface area is 127 Å². The third-order valence-corrected chi connectivity index (χ3v) is 4.96. The van der Waals surface area contributed by atoms with Crippen molar-refractivity contribution < 1.29 is 0 Å². The number of hydrogen-bond donors (Lipinski definition) is 0. The van der Waals surface area contributed by atoms with Gasteiger partial charge in [0.15, 0.2) is 0 Å². The Balaban J connectivity index is 1.59. The molecule has 2 aromatic rings. The van der Waals surface area contributed by atoms with Gasteiger partial charge in [-0.15, -0.1) is 0 Å². The highest BCUT2D eigenvalue weighted by Crippen LogP contribution is 2.28. The van der Waals surface area contributed by atoms with Crippen LogP contribution < -0.4 is 4.90 Å². The van der Waals surface area contributed by atoms with Crippen LogP contribution in [0.1, 0.15) is 12.8 Å². The van der Waals surface area contributed by atoms with Crippen LogP contribution in [-0.4, -0.2) is 37.1 Å². The summed E-state index contributed by atoms with van der Waals surface area (Å²) in [6, 6.07) is 20.5. The molecule has 108 valence electrons. The number of fused-ring (bicyclic) bond motifs is 4. The van der Waals surface area contributed by atoms with Crippen LogP contribution in [0.3, 0.4) is 0 Å². The van der Waals surface area contributed by atoms with Crippen LogP contribution >= 0.6 is 0 Å². The Hall–Kier alpha value is -1.80. The first-order valence-corrected chi connectivity index (χ1v) is 8.05. The van der Waals surface area contributed by atoms with Crippen molar-refractivity contribution in [3.8, 4) is 11.1 Å². The van der Waals surface area contributed by atoms with Gasteiger partial charge in [-0.3, -0.25) is 0 Å². The van der Waals surface area contributed by atoms with Crippen LogP contribution in [0.2, 0.25) is 0 Å². The lowest BCUT2D eigenvalue weighted by atomic mass is 10.0. The van der Waals surface area contributed by atoms with E-state index in [1.807, 2.05) is 0 Å². The average molecular weight is 278 g/mol. The molecule has 2 bridgehead atoms. The van der Waals surface area contributed by atoms with Crippen LogP contribution in [-0.2, 0) is 0 Å². The van der Waals surface area contributed by atoms with Crippen molar-refractivity contribution in [3.05, 3.63) is 54.6 Å². The zero-order valence-corrected chi connectivity index (χ0v) is 12.4. The summed E-state index contributed by atoms with van der Waals surface area (Å²) in [4.78, 5) is 5.23. The Morgan fingerprint density at radius 1 is 0.667 bits per heavy atom. The third kappa shape index (κ3) is 2.56. The normalized spacial score (nSPS) is 24.9. The van der Waals surface area contributed by atoms with Crippen molar-refractivity contribution in [1.82, 2.24) is 4.90 Å². The van der Waals surface area contributed by atoms with Crippen molar-refractivity contribution in [2.75, 3.05) is 31.1 Å². The Bertz CT molecular complexity index is 583. The number of rotatable bonds is 2. The van der Waals surface area contributed by atoms with Crippen LogP contribution in [0.15, 0.2) is 54.6 Å². The third-order valence-electron chi connectivity index (χ3n) is 4.96. The SMILES string of the molecule is c1ccc(-c2ccc(N3CCN4CCC3CC4)cc2)cc1. The molecule has 0 N–H and O–H groups in total. The van der Waals surface area contributed by atoms with Crippen LogP contribution in [0.25, 0.3) is 11.1 Å². The second-order valence-electron chi connectivity index (χ2n) is 6.18. The molecule has 0 radical (unpaired) electrons. The van der Waals surface area contributed by atoms with Crippen LogP contribution in [0, 0.1) is 0 Å². The van der Waals surface area contributed by atoms with Gasteiger partial charge >= 0.3 is 0 Å². The van der Waals surface area contributed by atoms with E-state index in [1.165, 1.54) is 55.8 Å². The van der Waals surface area contributed by atoms with Crippen molar-refractivity contribution in [2.45, 2.75) is 18.9 Å². The van der Waals surface area contributed by atoms with Crippen molar-refractivity contribution >= 4 is 5.69 Å². The summed E-state index contributed by atoms with van der Waals surface area (Å²) < 4.78 is 0. The molecule has 0 atom stereocenters. The molecule has 3 aliphatic rings. The molecule has 5 rings (SSSR count). The molecule has 2 heteroatoms. The highest BCUT2D eigenvalue weighted by molar-refractivity contribution is 5.66. The smallest absolute Gasteiger partial charge is 0.0369 e. The fourth-order valence-corrected chi connectivity index (χ4v) is 3.70. The van der Waals surface area contributed by atoms with Crippen LogP contribution in [0.5, 0.6) is 0 Å². The first-order chi connectivity index (χ1) is 10.4. The maximum absolute atomic E-state index is 2.63. The number of benzene rings is 2. The van der Waals surface area contributed by atoms with E-state index in [2.05, 4.69) is 64.4 Å². The van der Waals surface area contributed by atoms with E-state index in [0.717, 1.165) is 6.04 Å². The quantitative estimate of drug-likeness (QED) is 0.827. The average Bonchev–Trinajstić information content (AvgIpc) is 2.90. The molecule has 0 unspecified atom stereocenters. The van der Waals surface area contributed by atoms with Gasteiger partial charge in [0.1, 0.15) is 0 Å². The van der Waals surface area contributed by atoms with Gasteiger partial charge in [0, 0.05) is 37.9 Å². The minimum absolute atomic E-state index is 0.742. The van der Waals surface area contributed by atoms with Crippen LogP contribution in [0.4, 0.5) is 5.69 Å². The second-order valence-corrected chi connectivity index (χ2v) is 6.18. The van der Waals surface area contributed by atoms with Gasteiger partial charge in [-0.05, 0) is 36.1 Å². The van der Waals surface area contributed by atoms with Gasteiger partial charge in [0.2, 0.25) is 0 Å². The van der Waals surface area contributed by atoms with Gasteiger partial charge in [-0.1, -0.05) is 42.5 Å². The topological polar surface area (TPSA) is 6.48 Å². The maximum Gasteiger partial charge on any atom is 0.0369 e. The zero-order valence-electron chi connectivity index (χ0n) is 12.4. The summed E-state index contributed by atoms with van der Waals surface area (Å²) in [6.07, 6.45) is 2.64. The molecule has 0 amide bonds. The Morgan fingerprint density at radius 2 is 1.33 bits per heavy atom. The summed E-state index contributed by atoms with van der Waals surface area (Å²) in [5.74, 6) is 0. The molecular formula is C19H22N2. The minimum Gasteiger partial charge on any atom is -0.367 e. The predicted molar refractivity (Wildman–Crippen MR) is 88.7 cm³/mol. The highest BCUT2D eigenvalue weighted by Gasteiger charge is 2.28. The van der Waals surface area contributed by atoms with Gasteiger partial charge < -0.3 is 9.80 Å². The van der Waals surface area contributed by atoms with E-state index >= 15 is 0 Å². The standard InChI is InChI=1S/C19H22N2/c1-2-4-16(5-3-1)17-6-8-18(9-7-17)21-15-14-20-12-10-19(21)11-13-20/h1-9,19H,10-15H2. The van der Waals surface area contributed by atoms with Crippen molar-refractivity contribution in [1.29, 1.82) is 0 Å². The fraction of sp³-hybridized carbons (Fsp3) is 0.368. The summed E-state index contributed by atoms with van der Waals surface area (Å²) in [5.41, 5.74) is 4.00. The monoisotopic (exact) mass is 278 g/mol. The number of piperidine rings is 1. The molecule has 21 heavy (non-hydrogen) atoms. The summed E-state index contributed by atoms with van der Waals surface area (Å²) in [7, 11) is 0. The van der Waals surface area contributed by atoms with Gasteiger partial charge in [0.05, 0.1) is 0 Å². The zero-order chi connectivity index (χ0) is 14.1. The number of anilines is 1. The molecule has 0 spiro atoms. The van der Waals surface area contributed by atoms with E-state index in [0.29, 0.717) is 0 Å². The summed E-state index contributed by atoms with van der Waals surface area (Å²) in [5, 5.41) is 0. The van der Waals surface area contributed by atoms with E-state index in [4.69, 9.17) is 0 Å².